The predicted molar refractivity (Wildman–Crippen MR) is 90.8 cm³/mol. The molecule has 0 radical (unpaired) electrons. The van der Waals surface area contributed by atoms with Crippen LogP contribution in [0.5, 0.6) is 0 Å². The quantitative estimate of drug-likeness (QED) is 0.600. The Bertz CT molecular complexity index is 557. The van der Waals surface area contributed by atoms with Crippen LogP contribution in [0.4, 0.5) is 4.79 Å². The summed E-state index contributed by atoms with van der Waals surface area (Å²) in [6, 6.07) is 6.67. The Balaban J connectivity index is 2.42. The molecular weight excluding hydrogens is 310 g/mol. The highest BCUT2D eigenvalue weighted by atomic mass is 16.4. The Labute approximate surface area is 142 Å². The maximum atomic E-state index is 11.9. The zero-order valence-corrected chi connectivity index (χ0v) is 14.2. The lowest BCUT2D eigenvalue weighted by atomic mass is 10.1. The summed E-state index contributed by atoms with van der Waals surface area (Å²) >= 11 is 0. The van der Waals surface area contributed by atoms with Crippen molar-refractivity contribution in [2.45, 2.75) is 32.7 Å². The summed E-state index contributed by atoms with van der Waals surface area (Å²) in [5.74, 6) is -1.05. The van der Waals surface area contributed by atoms with E-state index in [1.165, 1.54) is 4.90 Å². The van der Waals surface area contributed by atoms with Gasteiger partial charge in [-0.3, -0.25) is 9.59 Å². The SMILES string of the molecule is CCCCNC(=O)c1ccc(CNC(=O)N(C)CCC(=O)O)cc1. The number of hydrogen-bond acceptors (Lipinski definition) is 3. The molecule has 1 rings (SSSR count). The van der Waals surface area contributed by atoms with Gasteiger partial charge < -0.3 is 20.6 Å². The third-order valence-electron chi connectivity index (χ3n) is 3.48. The van der Waals surface area contributed by atoms with Crippen LogP contribution in [-0.2, 0) is 11.3 Å². The van der Waals surface area contributed by atoms with Gasteiger partial charge >= 0.3 is 12.0 Å². The second-order valence-corrected chi connectivity index (χ2v) is 5.53. The van der Waals surface area contributed by atoms with E-state index in [1.54, 1.807) is 31.3 Å². The molecule has 0 aliphatic rings. The topological polar surface area (TPSA) is 98.7 Å². The van der Waals surface area contributed by atoms with Crippen LogP contribution in [0.1, 0.15) is 42.1 Å². The van der Waals surface area contributed by atoms with Crippen LogP contribution >= 0.6 is 0 Å². The van der Waals surface area contributed by atoms with E-state index >= 15 is 0 Å². The number of hydrogen-bond donors (Lipinski definition) is 3. The maximum Gasteiger partial charge on any atom is 0.317 e. The maximum absolute atomic E-state index is 11.9. The van der Waals surface area contributed by atoms with Crippen molar-refractivity contribution in [2.75, 3.05) is 20.1 Å². The highest BCUT2D eigenvalue weighted by Gasteiger charge is 2.10. The molecule has 0 aromatic heterocycles. The first-order chi connectivity index (χ1) is 11.4. The number of urea groups is 1. The molecule has 0 saturated heterocycles. The third kappa shape index (κ3) is 7.13. The monoisotopic (exact) mass is 335 g/mol. The van der Waals surface area contributed by atoms with Gasteiger partial charge in [0.2, 0.25) is 0 Å². The van der Waals surface area contributed by atoms with E-state index in [0.717, 1.165) is 18.4 Å². The van der Waals surface area contributed by atoms with Gasteiger partial charge in [-0.1, -0.05) is 25.5 Å². The Morgan fingerprint density at radius 2 is 1.79 bits per heavy atom. The minimum atomic E-state index is -0.942. The van der Waals surface area contributed by atoms with E-state index in [4.69, 9.17) is 5.11 Å². The van der Waals surface area contributed by atoms with E-state index in [9.17, 15) is 14.4 Å². The number of unbranched alkanes of at least 4 members (excludes halogenated alkanes) is 1. The average Bonchev–Trinajstić information content (AvgIpc) is 2.58. The lowest BCUT2D eigenvalue weighted by Gasteiger charge is -2.17. The number of amides is 3. The zero-order chi connectivity index (χ0) is 17.9. The van der Waals surface area contributed by atoms with E-state index in [0.29, 0.717) is 18.7 Å². The van der Waals surface area contributed by atoms with Gasteiger partial charge in [-0.15, -0.1) is 0 Å². The molecular formula is C17H25N3O4. The molecule has 7 heteroatoms. The highest BCUT2D eigenvalue weighted by molar-refractivity contribution is 5.94. The molecule has 0 aliphatic heterocycles. The molecule has 3 amide bonds. The minimum absolute atomic E-state index is 0.0915. The smallest absolute Gasteiger partial charge is 0.317 e. The molecule has 0 saturated carbocycles. The van der Waals surface area contributed by atoms with E-state index in [-0.39, 0.29) is 24.9 Å². The van der Waals surface area contributed by atoms with Gasteiger partial charge in [-0.05, 0) is 24.1 Å². The highest BCUT2D eigenvalue weighted by Crippen LogP contribution is 2.05. The van der Waals surface area contributed by atoms with Crippen molar-refractivity contribution in [3.8, 4) is 0 Å². The lowest BCUT2D eigenvalue weighted by molar-refractivity contribution is -0.137. The van der Waals surface area contributed by atoms with E-state index in [1.807, 2.05) is 0 Å². The fourth-order valence-electron chi connectivity index (χ4n) is 1.93. The molecule has 0 bridgehead atoms. The lowest BCUT2D eigenvalue weighted by Crippen LogP contribution is -2.38. The number of aliphatic carboxylic acids is 1. The zero-order valence-electron chi connectivity index (χ0n) is 14.2. The largest absolute Gasteiger partial charge is 0.481 e. The van der Waals surface area contributed by atoms with Gasteiger partial charge in [0.1, 0.15) is 0 Å². The van der Waals surface area contributed by atoms with E-state index in [2.05, 4.69) is 17.6 Å². The second-order valence-electron chi connectivity index (χ2n) is 5.53. The molecule has 7 nitrogen and oxygen atoms in total. The van der Waals surface area contributed by atoms with Crippen LogP contribution in [0.3, 0.4) is 0 Å². The molecule has 0 heterocycles. The first-order valence-electron chi connectivity index (χ1n) is 8.02. The number of nitrogens with one attached hydrogen (secondary N) is 2. The minimum Gasteiger partial charge on any atom is -0.481 e. The van der Waals surface area contributed by atoms with Crippen LogP contribution < -0.4 is 10.6 Å². The molecule has 0 fully saturated rings. The number of benzene rings is 1. The van der Waals surface area contributed by atoms with E-state index < -0.39 is 5.97 Å². The van der Waals surface area contributed by atoms with Gasteiger partial charge in [-0.2, -0.15) is 0 Å². The Hall–Kier alpha value is -2.57. The average molecular weight is 335 g/mol. The Morgan fingerprint density at radius 3 is 2.38 bits per heavy atom. The first-order valence-corrected chi connectivity index (χ1v) is 8.02. The molecule has 24 heavy (non-hydrogen) atoms. The second kappa shape index (κ2) is 10.3. The standard InChI is InChI=1S/C17H25N3O4/c1-3-4-10-18-16(23)14-7-5-13(6-8-14)12-19-17(24)20(2)11-9-15(21)22/h5-8H,3-4,9-12H2,1-2H3,(H,18,23)(H,19,24)(H,21,22). The fourth-order valence-corrected chi connectivity index (χ4v) is 1.93. The molecule has 0 atom stereocenters. The number of carboxylic acid groups (broad SMARTS) is 1. The molecule has 132 valence electrons. The fraction of sp³-hybridized carbons (Fsp3) is 0.471. The predicted octanol–water partition coefficient (Wildman–Crippen LogP) is 1.83. The van der Waals surface area contributed by atoms with Gasteiger partial charge in [0, 0.05) is 32.2 Å². The van der Waals surface area contributed by atoms with Crippen molar-refractivity contribution in [1.82, 2.24) is 15.5 Å². The summed E-state index contributed by atoms with van der Waals surface area (Å²) in [4.78, 5) is 35.5. The molecule has 3 N–H and O–H groups in total. The Morgan fingerprint density at radius 1 is 1.12 bits per heavy atom. The Kier molecular flexibility index (Phi) is 8.32. The van der Waals surface area contributed by atoms with Crippen molar-refractivity contribution >= 4 is 17.9 Å². The van der Waals surface area contributed by atoms with Crippen LogP contribution in [0, 0.1) is 0 Å². The summed E-state index contributed by atoms with van der Waals surface area (Å²) < 4.78 is 0. The molecule has 0 unspecified atom stereocenters. The van der Waals surface area contributed by atoms with Gasteiger partial charge in [-0.25, -0.2) is 4.79 Å². The summed E-state index contributed by atoms with van der Waals surface area (Å²) in [6.07, 6.45) is 1.89. The first kappa shape index (κ1) is 19.5. The number of rotatable bonds is 9. The van der Waals surface area contributed by atoms with Crippen LogP contribution in [0.15, 0.2) is 24.3 Å². The van der Waals surface area contributed by atoms with Gasteiger partial charge in [0.15, 0.2) is 0 Å². The molecule has 1 aromatic rings. The van der Waals surface area contributed by atoms with Crippen molar-refractivity contribution in [2.24, 2.45) is 0 Å². The molecule has 0 spiro atoms. The normalized spacial score (nSPS) is 10.1. The number of carbonyl (C=O) groups is 3. The summed E-state index contributed by atoms with van der Waals surface area (Å²) in [6.45, 7) is 3.19. The number of carboxylic acids is 1. The van der Waals surface area contributed by atoms with Crippen LogP contribution in [0.2, 0.25) is 0 Å². The molecule has 1 aromatic carbocycles. The van der Waals surface area contributed by atoms with Crippen LogP contribution in [0.25, 0.3) is 0 Å². The number of carbonyl (C=O) groups excluding carboxylic acids is 2. The van der Waals surface area contributed by atoms with Crippen molar-refractivity contribution in [3.63, 3.8) is 0 Å². The summed E-state index contributed by atoms with van der Waals surface area (Å²) in [7, 11) is 1.54. The number of nitrogens with zero attached hydrogens (tertiary/aromatic N) is 1. The van der Waals surface area contributed by atoms with Crippen molar-refractivity contribution < 1.29 is 19.5 Å². The van der Waals surface area contributed by atoms with Crippen molar-refractivity contribution in [3.05, 3.63) is 35.4 Å². The molecule has 0 aliphatic carbocycles. The third-order valence-corrected chi connectivity index (χ3v) is 3.48. The summed E-state index contributed by atoms with van der Waals surface area (Å²) in [5.41, 5.74) is 1.44. The summed E-state index contributed by atoms with van der Waals surface area (Å²) in [5, 5.41) is 14.2. The van der Waals surface area contributed by atoms with Crippen LogP contribution in [-0.4, -0.2) is 48.1 Å². The van der Waals surface area contributed by atoms with Gasteiger partial charge in [0.25, 0.3) is 5.91 Å². The van der Waals surface area contributed by atoms with Gasteiger partial charge in [0.05, 0.1) is 6.42 Å². The van der Waals surface area contributed by atoms with Crippen molar-refractivity contribution in [1.29, 1.82) is 0 Å².